The Labute approximate surface area is 212 Å². The summed E-state index contributed by atoms with van der Waals surface area (Å²) in [5, 5.41) is 2.84. The Morgan fingerprint density at radius 1 is 1.00 bits per heavy atom. The zero-order chi connectivity index (χ0) is 25.5. The van der Waals surface area contributed by atoms with Gasteiger partial charge in [-0.3, -0.25) is 14.4 Å². The molecule has 7 heteroatoms. The van der Waals surface area contributed by atoms with Gasteiger partial charge in [-0.15, -0.1) is 0 Å². The highest BCUT2D eigenvalue weighted by Gasteiger charge is 2.51. The average Bonchev–Trinajstić information content (AvgIpc) is 3.11. The first kappa shape index (κ1) is 24.3. The minimum absolute atomic E-state index is 0.0779. The van der Waals surface area contributed by atoms with E-state index in [1.54, 1.807) is 42.5 Å². The van der Waals surface area contributed by atoms with Crippen molar-refractivity contribution >= 4 is 23.3 Å². The maximum absolute atomic E-state index is 13.6. The monoisotopic (exact) mass is 490 g/mol. The fourth-order valence-corrected chi connectivity index (χ4v) is 6.50. The van der Waals surface area contributed by atoms with Crippen LogP contribution in [-0.4, -0.2) is 48.3 Å². The molecule has 7 nitrogen and oxygen atoms in total. The predicted molar refractivity (Wildman–Crippen MR) is 136 cm³/mol. The summed E-state index contributed by atoms with van der Waals surface area (Å²) in [4.78, 5) is 42.5. The number of rotatable bonds is 6. The van der Waals surface area contributed by atoms with E-state index in [-0.39, 0.29) is 35.0 Å². The largest absolute Gasteiger partial charge is 0.486 e. The number of hydrogen-bond donors (Lipinski definition) is 1. The maximum Gasteiger partial charge on any atom is 0.235 e. The highest BCUT2D eigenvalue weighted by atomic mass is 16.6. The third-order valence-electron chi connectivity index (χ3n) is 7.61. The number of likely N-dealkylation sites (tertiary alicyclic amines) is 1. The second kappa shape index (κ2) is 9.26. The van der Waals surface area contributed by atoms with E-state index in [2.05, 4.69) is 26.1 Å². The summed E-state index contributed by atoms with van der Waals surface area (Å²) in [5.74, 6) is -0.957. The van der Waals surface area contributed by atoms with Crippen molar-refractivity contribution < 1.29 is 23.9 Å². The third-order valence-corrected chi connectivity index (χ3v) is 7.61. The van der Waals surface area contributed by atoms with Gasteiger partial charge in [-0.05, 0) is 42.2 Å². The molecule has 2 aromatic rings. The minimum atomic E-state index is -1.13. The van der Waals surface area contributed by atoms with Gasteiger partial charge in [-0.25, -0.2) is 0 Å². The summed E-state index contributed by atoms with van der Waals surface area (Å²) < 4.78 is 11.2. The molecule has 0 spiro atoms. The van der Waals surface area contributed by atoms with Crippen molar-refractivity contribution in [2.75, 3.05) is 25.1 Å². The Morgan fingerprint density at radius 2 is 1.72 bits per heavy atom. The van der Waals surface area contributed by atoms with Gasteiger partial charge in [0.15, 0.2) is 17.3 Å². The van der Waals surface area contributed by atoms with Gasteiger partial charge < -0.3 is 19.7 Å². The topological polar surface area (TPSA) is 84.9 Å². The fourth-order valence-electron chi connectivity index (χ4n) is 6.50. The predicted octanol–water partition coefficient (Wildman–Crippen LogP) is 4.71. The van der Waals surface area contributed by atoms with Crippen LogP contribution in [0, 0.1) is 16.7 Å². The molecule has 0 aromatic heterocycles. The van der Waals surface area contributed by atoms with Crippen LogP contribution in [0.4, 0.5) is 5.69 Å². The molecule has 190 valence electrons. The van der Waals surface area contributed by atoms with E-state index in [1.165, 1.54) is 0 Å². The van der Waals surface area contributed by atoms with Crippen molar-refractivity contribution in [3.05, 3.63) is 54.1 Å². The number of carbonyl (C=O) groups excluding carboxylic acids is 3. The molecule has 2 heterocycles. The molecule has 2 amide bonds. The highest BCUT2D eigenvalue weighted by molar-refractivity contribution is 6.15. The third kappa shape index (κ3) is 4.97. The van der Waals surface area contributed by atoms with Gasteiger partial charge >= 0.3 is 0 Å². The van der Waals surface area contributed by atoms with E-state index in [1.807, 2.05) is 11.0 Å². The molecule has 3 atom stereocenters. The Balaban J connectivity index is 1.37. The second-order valence-corrected chi connectivity index (χ2v) is 11.6. The number of carbonyl (C=O) groups is 3. The van der Waals surface area contributed by atoms with Crippen LogP contribution in [0.5, 0.6) is 11.5 Å². The Kier molecular flexibility index (Phi) is 6.27. The molecule has 0 unspecified atom stereocenters. The first-order chi connectivity index (χ1) is 17.1. The maximum atomic E-state index is 13.6. The van der Waals surface area contributed by atoms with Gasteiger partial charge in [0.2, 0.25) is 11.8 Å². The lowest BCUT2D eigenvalue weighted by atomic mass is 9.65. The summed E-state index contributed by atoms with van der Waals surface area (Å²) in [6.07, 6.45) is 2.83. The SMILES string of the molecule is CC1(C)C[C@H]2C[C@@](C)(CN2C(=O)C[C@H](C(=O)Nc2ccc3c(c2)OCCO3)C(=O)c2ccccc2)C1. The average molecular weight is 491 g/mol. The zero-order valence-corrected chi connectivity index (χ0v) is 21.2. The number of amides is 2. The molecule has 1 N–H and O–H groups in total. The van der Waals surface area contributed by atoms with Gasteiger partial charge in [0.05, 0.1) is 0 Å². The first-order valence-corrected chi connectivity index (χ1v) is 12.7. The quantitative estimate of drug-likeness (QED) is 0.468. The highest BCUT2D eigenvalue weighted by Crippen LogP contribution is 2.52. The normalized spacial score (nSPS) is 24.6. The number of nitrogens with zero attached hydrogens (tertiary/aromatic N) is 1. The van der Waals surface area contributed by atoms with Crippen molar-refractivity contribution in [1.82, 2.24) is 4.90 Å². The van der Waals surface area contributed by atoms with E-state index in [4.69, 9.17) is 9.47 Å². The van der Waals surface area contributed by atoms with Crippen molar-refractivity contribution in [1.29, 1.82) is 0 Å². The van der Waals surface area contributed by atoms with Crippen molar-refractivity contribution in [3.8, 4) is 11.5 Å². The molecular formula is C29H34N2O5. The van der Waals surface area contributed by atoms with Crippen LogP contribution in [0.3, 0.4) is 0 Å². The lowest BCUT2D eigenvalue weighted by Gasteiger charge is -2.39. The summed E-state index contributed by atoms with van der Waals surface area (Å²) in [6.45, 7) is 8.34. The van der Waals surface area contributed by atoms with Crippen LogP contribution >= 0.6 is 0 Å². The van der Waals surface area contributed by atoms with Gasteiger partial charge in [0, 0.05) is 36.3 Å². The van der Waals surface area contributed by atoms with Gasteiger partial charge in [-0.2, -0.15) is 0 Å². The number of benzene rings is 2. The molecule has 2 fully saturated rings. The number of Topliss-reactive ketones (excluding diaryl/α,β-unsaturated/α-hetero) is 1. The fraction of sp³-hybridized carbons (Fsp3) is 0.483. The van der Waals surface area contributed by atoms with E-state index >= 15 is 0 Å². The molecular weight excluding hydrogens is 456 g/mol. The van der Waals surface area contributed by atoms with Gasteiger partial charge in [0.25, 0.3) is 0 Å². The van der Waals surface area contributed by atoms with Gasteiger partial charge in [0.1, 0.15) is 19.1 Å². The summed E-state index contributed by atoms with van der Waals surface area (Å²) in [6, 6.07) is 14.0. The van der Waals surface area contributed by atoms with Crippen LogP contribution in [0.15, 0.2) is 48.5 Å². The van der Waals surface area contributed by atoms with E-state index in [0.717, 1.165) is 19.3 Å². The summed E-state index contributed by atoms with van der Waals surface area (Å²) >= 11 is 0. The lowest BCUT2D eigenvalue weighted by Crippen LogP contribution is -2.41. The van der Waals surface area contributed by atoms with E-state index < -0.39 is 11.8 Å². The number of ketones is 1. The minimum Gasteiger partial charge on any atom is -0.486 e. The molecule has 3 aliphatic rings. The van der Waals surface area contributed by atoms with E-state index in [9.17, 15) is 14.4 Å². The first-order valence-electron chi connectivity index (χ1n) is 12.7. The molecule has 2 aromatic carbocycles. The molecule has 2 bridgehead atoms. The van der Waals surface area contributed by atoms with Crippen LogP contribution < -0.4 is 14.8 Å². The Morgan fingerprint density at radius 3 is 2.47 bits per heavy atom. The number of ether oxygens (including phenoxy) is 2. The number of fused-ring (bicyclic) bond motifs is 3. The molecule has 2 aliphatic heterocycles. The summed E-state index contributed by atoms with van der Waals surface area (Å²) in [7, 11) is 0. The van der Waals surface area contributed by atoms with Crippen LogP contribution in [0.1, 0.15) is 56.8 Å². The Hall–Kier alpha value is -3.35. The second-order valence-electron chi connectivity index (χ2n) is 11.6. The van der Waals surface area contributed by atoms with Gasteiger partial charge in [-0.1, -0.05) is 51.1 Å². The number of hydrogen-bond acceptors (Lipinski definition) is 5. The zero-order valence-electron chi connectivity index (χ0n) is 21.2. The smallest absolute Gasteiger partial charge is 0.235 e. The number of nitrogens with one attached hydrogen (secondary N) is 1. The lowest BCUT2D eigenvalue weighted by molar-refractivity contribution is -0.135. The summed E-state index contributed by atoms with van der Waals surface area (Å²) in [5.41, 5.74) is 1.16. The molecule has 1 saturated carbocycles. The standard InChI is InChI=1S/C29H34N2O5/c1-28(2)15-21-16-29(3,17-28)18-31(21)25(32)14-22(26(33)19-7-5-4-6-8-19)27(34)30-20-9-10-23-24(13-20)36-12-11-35-23/h4-10,13,21-22H,11-12,14-18H2,1-3H3,(H,30,34)/t21-,22-,29+/m0/s1. The number of anilines is 1. The molecule has 1 saturated heterocycles. The van der Waals surface area contributed by atoms with Crippen LogP contribution in [-0.2, 0) is 9.59 Å². The molecule has 36 heavy (non-hydrogen) atoms. The van der Waals surface area contributed by atoms with Crippen molar-refractivity contribution in [2.45, 2.75) is 52.5 Å². The van der Waals surface area contributed by atoms with Crippen LogP contribution in [0.2, 0.25) is 0 Å². The molecule has 1 aliphatic carbocycles. The molecule has 5 rings (SSSR count). The molecule has 0 radical (unpaired) electrons. The van der Waals surface area contributed by atoms with E-state index in [0.29, 0.717) is 42.5 Å². The van der Waals surface area contributed by atoms with Crippen LogP contribution in [0.25, 0.3) is 0 Å². The van der Waals surface area contributed by atoms with Crippen molar-refractivity contribution in [3.63, 3.8) is 0 Å². The van der Waals surface area contributed by atoms with Crippen molar-refractivity contribution in [2.24, 2.45) is 16.7 Å². The Bertz CT molecular complexity index is 1180.